The Labute approximate surface area is 241 Å². The minimum Gasteiger partial charge on any atom is -0.497 e. The van der Waals surface area contributed by atoms with Gasteiger partial charge in [-0.25, -0.2) is 0 Å². The Hall–Kier alpha value is -4.62. The molecule has 0 aliphatic carbocycles. The van der Waals surface area contributed by atoms with Crippen LogP contribution in [0.25, 0.3) is 0 Å². The zero-order valence-electron chi connectivity index (χ0n) is 23.2. The van der Waals surface area contributed by atoms with Crippen molar-refractivity contribution in [3.63, 3.8) is 0 Å². The molecule has 1 aliphatic heterocycles. The van der Waals surface area contributed by atoms with E-state index in [0.29, 0.717) is 30.2 Å². The molecule has 210 valence electrons. The SMILES string of the molecule is COc1cccc(C(C(=O)Nc2ccc(N3CCOCC3)cc2)N(Cc2ccccc2)C(=O)Cc2ccccc2)c1. The van der Waals surface area contributed by atoms with E-state index in [4.69, 9.17) is 9.47 Å². The second-order valence-electron chi connectivity index (χ2n) is 9.98. The van der Waals surface area contributed by atoms with Gasteiger partial charge in [-0.2, -0.15) is 0 Å². The maximum atomic E-state index is 14.1. The Morgan fingerprint density at radius 3 is 2.17 bits per heavy atom. The van der Waals surface area contributed by atoms with Gasteiger partial charge in [0.15, 0.2) is 0 Å². The van der Waals surface area contributed by atoms with E-state index in [0.717, 1.165) is 29.9 Å². The Bertz CT molecular complexity index is 1420. The van der Waals surface area contributed by atoms with Crippen molar-refractivity contribution in [2.24, 2.45) is 0 Å². The topological polar surface area (TPSA) is 71.1 Å². The minimum atomic E-state index is -0.888. The van der Waals surface area contributed by atoms with Crippen LogP contribution in [0.4, 0.5) is 11.4 Å². The number of nitrogens with zero attached hydrogens (tertiary/aromatic N) is 2. The second kappa shape index (κ2) is 13.6. The van der Waals surface area contributed by atoms with Crippen molar-refractivity contribution in [3.05, 3.63) is 126 Å². The lowest BCUT2D eigenvalue weighted by atomic mass is 10.0. The number of benzene rings is 4. The lowest BCUT2D eigenvalue weighted by molar-refractivity contribution is -0.139. The molecule has 2 amide bonds. The van der Waals surface area contributed by atoms with E-state index in [9.17, 15) is 9.59 Å². The zero-order chi connectivity index (χ0) is 28.4. The smallest absolute Gasteiger partial charge is 0.251 e. The summed E-state index contributed by atoms with van der Waals surface area (Å²) in [6, 6.07) is 33.6. The molecular weight excluding hydrogens is 514 g/mol. The molecule has 1 N–H and O–H groups in total. The molecule has 1 atom stereocenters. The fourth-order valence-corrected chi connectivity index (χ4v) is 5.05. The number of morpholine rings is 1. The summed E-state index contributed by atoms with van der Waals surface area (Å²) in [5, 5.41) is 3.08. The third-order valence-electron chi connectivity index (χ3n) is 7.19. The molecule has 1 fully saturated rings. The van der Waals surface area contributed by atoms with Crippen molar-refractivity contribution < 1.29 is 19.1 Å². The Morgan fingerprint density at radius 2 is 1.51 bits per heavy atom. The van der Waals surface area contributed by atoms with Crippen LogP contribution >= 0.6 is 0 Å². The van der Waals surface area contributed by atoms with Crippen LogP contribution in [-0.4, -0.2) is 50.1 Å². The first-order valence-corrected chi connectivity index (χ1v) is 13.9. The second-order valence-corrected chi connectivity index (χ2v) is 9.98. The minimum absolute atomic E-state index is 0.148. The molecule has 5 rings (SSSR count). The van der Waals surface area contributed by atoms with Crippen LogP contribution in [0, 0.1) is 0 Å². The highest BCUT2D eigenvalue weighted by molar-refractivity contribution is 5.98. The summed E-state index contributed by atoms with van der Waals surface area (Å²) in [5.74, 6) is 0.172. The number of anilines is 2. The van der Waals surface area contributed by atoms with E-state index in [1.54, 1.807) is 12.0 Å². The molecular formula is C34H35N3O4. The largest absolute Gasteiger partial charge is 0.497 e. The van der Waals surface area contributed by atoms with Crippen LogP contribution in [0.2, 0.25) is 0 Å². The normalized spacial score (nSPS) is 13.7. The standard InChI is InChI=1S/C34H35N3O4/c1-40-31-14-8-13-28(24-31)33(34(39)35-29-15-17-30(18-16-29)36-19-21-41-22-20-36)37(25-27-11-6-3-7-12-27)32(38)23-26-9-4-2-5-10-26/h2-18,24,33H,19-23,25H2,1H3,(H,35,39). The van der Waals surface area contributed by atoms with Gasteiger partial charge in [0.2, 0.25) is 5.91 Å². The third kappa shape index (κ3) is 7.32. The van der Waals surface area contributed by atoms with E-state index in [-0.39, 0.29) is 24.8 Å². The lowest BCUT2D eigenvalue weighted by Crippen LogP contribution is -2.41. The maximum absolute atomic E-state index is 14.1. The lowest BCUT2D eigenvalue weighted by Gasteiger charge is -2.32. The van der Waals surface area contributed by atoms with Crippen molar-refractivity contribution in [1.82, 2.24) is 4.90 Å². The highest BCUT2D eigenvalue weighted by Crippen LogP contribution is 2.29. The van der Waals surface area contributed by atoms with Gasteiger partial charge in [-0.15, -0.1) is 0 Å². The summed E-state index contributed by atoms with van der Waals surface area (Å²) in [4.78, 5) is 32.0. The first-order valence-electron chi connectivity index (χ1n) is 13.9. The van der Waals surface area contributed by atoms with Gasteiger partial charge in [-0.05, 0) is 53.1 Å². The van der Waals surface area contributed by atoms with Gasteiger partial charge in [-0.1, -0.05) is 72.8 Å². The number of hydrogen-bond acceptors (Lipinski definition) is 5. The molecule has 0 bridgehead atoms. The quantitative estimate of drug-likeness (QED) is 0.284. The fourth-order valence-electron chi connectivity index (χ4n) is 5.05. The van der Waals surface area contributed by atoms with Crippen LogP contribution in [0.15, 0.2) is 109 Å². The summed E-state index contributed by atoms with van der Waals surface area (Å²) >= 11 is 0. The first-order chi connectivity index (χ1) is 20.1. The van der Waals surface area contributed by atoms with Crippen LogP contribution in [0.1, 0.15) is 22.7 Å². The molecule has 41 heavy (non-hydrogen) atoms. The average Bonchev–Trinajstić information content (AvgIpc) is 3.02. The summed E-state index contributed by atoms with van der Waals surface area (Å²) in [6.45, 7) is 3.35. The van der Waals surface area contributed by atoms with E-state index < -0.39 is 6.04 Å². The molecule has 0 radical (unpaired) electrons. The highest BCUT2D eigenvalue weighted by atomic mass is 16.5. The molecule has 1 heterocycles. The Morgan fingerprint density at radius 1 is 0.854 bits per heavy atom. The number of rotatable bonds is 10. The molecule has 7 heteroatoms. The molecule has 4 aromatic carbocycles. The first kappa shape index (κ1) is 27.9. The number of amides is 2. The van der Waals surface area contributed by atoms with Crippen molar-refractivity contribution >= 4 is 23.2 Å². The monoisotopic (exact) mass is 549 g/mol. The predicted octanol–water partition coefficient (Wildman–Crippen LogP) is 5.48. The maximum Gasteiger partial charge on any atom is 0.251 e. The van der Waals surface area contributed by atoms with Gasteiger partial charge in [0.1, 0.15) is 11.8 Å². The van der Waals surface area contributed by atoms with Gasteiger partial charge >= 0.3 is 0 Å². The number of carbonyl (C=O) groups excluding carboxylic acids is 2. The molecule has 1 unspecified atom stereocenters. The van der Waals surface area contributed by atoms with Crippen molar-refractivity contribution in [3.8, 4) is 5.75 Å². The van der Waals surface area contributed by atoms with Gasteiger partial charge in [0.05, 0.1) is 26.7 Å². The van der Waals surface area contributed by atoms with Gasteiger partial charge in [-0.3, -0.25) is 9.59 Å². The van der Waals surface area contributed by atoms with Crippen LogP contribution in [-0.2, 0) is 27.3 Å². The summed E-state index contributed by atoms with van der Waals surface area (Å²) in [5.41, 5.74) is 4.24. The molecule has 7 nitrogen and oxygen atoms in total. The van der Waals surface area contributed by atoms with E-state index in [1.807, 2.05) is 109 Å². The molecule has 1 aliphatic rings. The Balaban J connectivity index is 1.47. The van der Waals surface area contributed by atoms with Crippen LogP contribution < -0.4 is 15.0 Å². The molecule has 4 aromatic rings. The van der Waals surface area contributed by atoms with Crippen LogP contribution in [0.3, 0.4) is 0 Å². The van der Waals surface area contributed by atoms with E-state index in [2.05, 4.69) is 10.2 Å². The van der Waals surface area contributed by atoms with Crippen molar-refractivity contribution in [1.29, 1.82) is 0 Å². The summed E-state index contributed by atoms with van der Waals surface area (Å²) < 4.78 is 10.9. The average molecular weight is 550 g/mol. The number of carbonyl (C=O) groups is 2. The highest BCUT2D eigenvalue weighted by Gasteiger charge is 2.32. The number of nitrogens with one attached hydrogen (secondary N) is 1. The fraction of sp³-hybridized carbons (Fsp3) is 0.235. The number of hydrogen-bond donors (Lipinski definition) is 1. The summed E-state index contributed by atoms with van der Waals surface area (Å²) in [7, 11) is 1.59. The molecule has 0 saturated carbocycles. The van der Waals surface area contributed by atoms with Crippen LogP contribution in [0.5, 0.6) is 5.75 Å². The molecule has 0 spiro atoms. The van der Waals surface area contributed by atoms with E-state index in [1.165, 1.54) is 0 Å². The molecule has 1 saturated heterocycles. The number of ether oxygens (including phenoxy) is 2. The van der Waals surface area contributed by atoms with Gasteiger partial charge < -0.3 is 24.6 Å². The number of methoxy groups -OCH3 is 1. The van der Waals surface area contributed by atoms with E-state index >= 15 is 0 Å². The zero-order valence-corrected chi connectivity index (χ0v) is 23.2. The third-order valence-corrected chi connectivity index (χ3v) is 7.19. The predicted molar refractivity (Wildman–Crippen MR) is 161 cm³/mol. The van der Waals surface area contributed by atoms with Crippen molar-refractivity contribution in [2.75, 3.05) is 43.6 Å². The van der Waals surface area contributed by atoms with Crippen molar-refractivity contribution in [2.45, 2.75) is 19.0 Å². The Kier molecular flexibility index (Phi) is 9.29. The van der Waals surface area contributed by atoms with Gasteiger partial charge in [0, 0.05) is 31.0 Å². The molecule has 0 aromatic heterocycles. The summed E-state index contributed by atoms with van der Waals surface area (Å²) in [6.07, 6.45) is 0.176. The van der Waals surface area contributed by atoms with Gasteiger partial charge in [0.25, 0.3) is 5.91 Å².